The molecular formula is C23H19N7O3S. The minimum Gasteiger partial charge on any atom is -0.338 e. The summed E-state index contributed by atoms with van der Waals surface area (Å²) in [6.07, 6.45) is 0.564. The molecule has 5 rings (SSSR count). The highest BCUT2D eigenvalue weighted by atomic mass is 32.2. The van der Waals surface area contributed by atoms with Gasteiger partial charge >= 0.3 is 5.69 Å². The molecule has 0 fully saturated rings. The van der Waals surface area contributed by atoms with E-state index in [1.165, 1.54) is 10.6 Å². The van der Waals surface area contributed by atoms with Gasteiger partial charge in [0.05, 0.1) is 5.75 Å². The van der Waals surface area contributed by atoms with Gasteiger partial charge in [-0.05, 0) is 18.1 Å². The van der Waals surface area contributed by atoms with Crippen LogP contribution in [0.1, 0.15) is 5.56 Å². The van der Waals surface area contributed by atoms with Crippen LogP contribution in [0.3, 0.4) is 0 Å². The van der Waals surface area contributed by atoms with Crippen molar-refractivity contribution in [3.05, 3.63) is 87.1 Å². The number of nitrogens with one attached hydrogen (secondary N) is 3. The molecular weight excluding hydrogens is 454 g/mol. The number of thioether (sulfide) groups is 1. The lowest BCUT2D eigenvalue weighted by atomic mass is 10.1. The van der Waals surface area contributed by atoms with Crippen LogP contribution in [-0.4, -0.2) is 41.4 Å². The second-order valence-corrected chi connectivity index (χ2v) is 8.45. The minimum absolute atomic E-state index is 0.0207. The number of aromatic amines is 2. The van der Waals surface area contributed by atoms with E-state index in [-0.39, 0.29) is 11.6 Å². The van der Waals surface area contributed by atoms with Crippen molar-refractivity contribution in [2.45, 2.75) is 18.1 Å². The van der Waals surface area contributed by atoms with Crippen LogP contribution in [0.2, 0.25) is 0 Å². The number of aromatic nitrogens is 6. The smallest absolute Gasteiger partial charge is 0.329 e. The Balaban J connectivity index is 1.29. The summed E-state index contributed by atoms with van der Waals surface area (Å²) < 4.78 is 1.34. The Morgan fingerprint density at radius 3 is 2.65 bits per heavy atom. The summed E-state index contributed by atoms with van der Waals surface area (Å²) in [5.74, 6) is -0.281. The number of hydrogen-bond donors (Lipinski definition) is 3. The molecule has 3 N–H and O–H groups in total. The predicted molar refractivity (Wildman–Crippen MR) is 130 cm³/mol. The summed E-state index contributed by atoms with van der Waals surface area (Å²) >= 11 is 1.11. The number of carbonyl (C=O) groups is 1. The maximum absolute atomic E-state index is 12.6. The number of hydrogen-bond acceptors (Lipinski definition) is 7. The van der Waals surface area contributed by atoms with Gasteiger partial charge in [-0.25, -0.2) is 9.78 Å². The van der Waals surface area contributed by atoms with Crippen molar-refractivity contribution >= 4 is 45.6 Å². The van der Waals surface area contributed by atoms with E-state index < -0.39 is 17.2 Å². The molecule has 2 aromatic carbocycles. The molecule has 0 radical (unpaired) electrons. The topological polar surface area (TPSA) is 138 Å². The fourth-order valence-electron chi connectivity index (χ4n) is 3.61. The minimum atomic E-state index is -0.583. The van der Waals surface area contributed by atoms with E-state index in [2.05, 4.69) is 30.5 Å². The molecule has 3 heterocycles. The molecule has 1 amide bonds. The van der Waals surface area contributed by atoms with Gasteiger partial charge in [0.15, 0.2) is 5.65 Å². The second kappa shape index (κ2) is 9.32. The van der Waals surface area contributed by atoms with Gasteiger partial charge in [-0.2, -0.15) is 0 Å². The van der Waals surface area contributed by atoms with Gasteiger partial charge in [0.1, 0.15) is 11.3 Å². The van der Waals surface area contributed by atoms with E-state index in [9.17, 15) is 14.4 Å². The molecule has 0 aliphatic rings. The number of benzene rings is 2. The number of fused-ring (bicyclic) bond motifs is 3. The van der Waals surface area contributed by atoms with Crippen molar-refractivity contribution in [1.82, 2.24) is 29.7 Å². The number of carbonyl (C=O) groups excluding carboxylic acids is 1. The molecule has 11 heteroatoms. The zero-order valence-electron chi connectivity index (χ0n) is 17.8. The highest BCUT2D eigenvalue weighted by Gasteiger charge is 2.13. The average Bonchev–Trinajstić information content (AvgIpc) is 3.20. The lowest BCUT2D eigenvalue weighted by Crippen LogP contribution is -2.33. The summed E-state index contributed by atoms with van der Waals surface area (Å²) in [7, 11) is 0. The van der Waals surface area contributed by atoms with Crippen molar-refractivity contribution in [2.24, 2.45) is 0 Å². The third kappa shape index (κ3) is 4.59. The lowest BCUT2D eigenvalue weighted by Gasteiger charge is -2.13. The van der Waals surface area contributed by atoms with Gasteiger partial charge in [0.25, 0.3) is 5.56 Å². The molecule has 0 bridgehead atoms. The number of para-hydroxylation sites is 1. The molecule has 0 saturated carbocycles. The Hall–Kier alpha value is -4.25. The Bertz CT molecular complexity index is 1610. The first-order valence-corrected chi connectivity index (χ1v) is 11.5. The van der Waals surface area contributed by atoms with E-state index >= 15 is 0 Å². The summed E-state index contributed by atoms with van der Waals surface area (Å²) in [4.78, 5) is 46.7. The van der Waals surface area contributed by atoms with Crippen molar-refractivity contribution in [3.63, 3.8) is 0 Å². The summed E-state index contributed by atoms with van der Waals surface area (Å²) in [6, 6.07) is 18.5. The van der Waals surface area contributed by atoms with E-state index in [1.807, 2.05) is 54.6 Å². The summed E-state index contributed by atoms with van der Waals surface area (Å²) in [5, 5.41) is 12.3. The highest BCUT2D eigenvalue weighted by Crippen LogP contribution is 2.23. The van der Waals surface area contributed by atoms with Crippen LogP contribution in [-0.2, 0) is 17.8 Å². The average molecular weight is 474 g/mol. The zero-order chi connectivity index (χ0) is 23.5. The van der Waals surface area contributed by atoms with Crippen LogP contribution in [0.25, 0.3) is 22.1 Å². The van der Waals surface area contributed by atoms with Crippen LogP contribution >= 0.6 is 11.8 Å². The van der Waals surface area contributed by atoms with Crippen molar-refractivity contribution in [1.29, 1.82) is 0 Å². The van der Waals surface area contributed by atoms with E-state index in [0.717, 1.165) is 28.2 Å². The summed E-state index contributed by atoms with van der Waals surface area (Å²) in [6.45, 7) is 0.298. The Morgan fingerprint density at radius 2 is 1.79 bits per heavy atom. The van der Waals surface area contributed by atoms with Crippen molar-refractivity contribution in [3.8, 4) is 0 Å². The van der Waals surface area contributed by atoms with Gasteiger partial charge in [-0.3, -0.25) is 19.1 Å². The molecule has 0 spiro atoms. The number of aryl methyl sites for hydroxylation is 1. The van der Waals surface area contributed by atoms with E-state index in [0.29, 0.717) is 29.3 Å². The monoisotopic (exact) mass is 473 g/mol. The van der Waals surface area contributed by atoms with E-state index in [4.69, 9.17) is 0 Å². The Labute approximate surface area is 196 Å². The SMILES string of the molecule is O=C(CSc1nnc2c(n1)[nH]c1ccccc12)Nc1cc(=O)[nH]c(=O)n1CCc1ccccc1. The third-order valence-electron chi connectivity index (χ3n) is 5.20. The zero-order valence-corrected chi connectivity index (χ0v) is 18.6. The number of H-pyrrole nitrogens is 2. The first-order valence-electron chi connectivity index (χ1n) is 10.5. The van der Waals surface area contributed by atoms with Crippen LogP contribution < -0.4 is 16.6 Å². The van der Waals surface area contributed by atoms with E-state index in [1.54, 1.807) is 0 Å². The Morgan fingerprint density at radius 1 is 1.00 bits per heavy atom. The number of amides is 1. The third-order valence-corrected chi connectivity index (χ3v) is 6.04. The molecule has 10 nitrogen and oxygen atoms in total. The molecule has 170 valence electrons. The van der Waals surface area contributed by atoms with Crippen molar-refractivity contribution < 1.29 is 4.79 Å². The standard InChI is InChI=1S/C23H19N7O3S/c31-18-12-17(30(23(33)26-18)11-10-14-6-2-1-3-7-14)25-19(32)13-34-22-27-21-20(28-29-22)15-8-4-5-9-16(15)24-21/h1-9,12H,10-11,13H2,(H,25,32)(H,24,27,29)(H,26,31,33). The maximum atomic E-state index is 12.6. The molecule has 0 atom stereocenters. The van der Waals surface area contributed by atoms with Gasteiger partial charge in [0, 0.05) is 23.5 Å². The predicted octanol–water partition coefficient (Wildman–Crippen LogP) is 2.33. The van der Waals surface area contributed by atoms with Crippen molar-refractivity contribution in [2.75, 3.05) is 11.1 Å². The Kier molecular flexibility index (Phi) is 5.91. The van der Waals surface area contributed by atoms with Gasteiger partial charge in [-0.15, -0.1) is 10.2 Å². The van der Waals surface area contributed by atoms with Gasteiger partial charge in [-0.1, -0.05) is 60.3 Å². The molecule has 34 heavy (non-hydrogen) atoms. The quantitative estimate of drug-likeness (QED) is 0.308. The van der Waals surface area contributed by atoms with Crippen LogP contribution in [0.4, 0.5) is 5.82 Å². The second-order valence-electron chi connectivity index (χ2n) is 7.51. The molecule has 5 aromatic rings. The normalized spacial score (nSPS) is 11.2. The molecule has 0 saturated heterocycles. The number of rotatable bonds is 7. The highest BCUT2D eigenvalue weighted by molar-refractivity contribution is 7.99. The molecule has 3 aromatic heterocycles. The van der Waals surface area contributed by atoms with Gasteiger partial charge < -0.3 is 10.3 Å². The fourth-order valence-corrected chi connectivity index (χ4v) is 4.19. The number of anilines is 1. The molecule has 0 aliphatic carbocycles. The van der Waals surface area contributed by atoms with Gasteiger partial charge in [0.2, 0.25) is 11.1 Å². The van der Waals surface area contributed by atoms with Crippen LogP contribution in [0.5, 0.6) is 0 Å². The largest absolute Gasteiger partial charge is 0.338 e. The van der Waals surface area contributed by atoms with Crippen LogP contribution in [0, 0.1) is 0 Å². The first kappa shape index (κ1) is 21.6. The maximum Gasteiger partial charge on any atom is 0.329 e. The lowest BCUT2D eigenvalue weighted by molar-refractivity contribution is -0.113. The molecule has 0 unspecified atom stereocenters. The first-order chi connectivity index (χ1) is 16.6. The number of nitrogens with zero attached hydrogens (tertiary/aromatic N) is 4. The summed E-state index contributed by atoms with van der Waals surface area (Å²) in [5.41, 5.74) is 2.02. The van der Waals surface area contributed by atoms with Crippen LogP contribution in [0.15, 0.2) is 75.4 Å². The fraction of sp³-hybridized carbons (Fsp3) is 0.130. The molecule has 0 aliphatic heterocycles.